The quantitative estimate of drug-likeness (QED) is 0.420. The molecule has 3 rings (SSSR count). The second-order valence-electron chi connectivity index (χ2n) is 4.90. The van der Waals surface area contributed by atoms with Crippen molar-refractivity contribution in [1.82, 2.24) is 4.98 Å². The van der Waals surface area contributed by atoms with Crippen LogP contribution in [0.1, 0.15) is 26.4 Å². The van der Waals surface area contributed by atoms with Crippen molar-refractivity contribution in [1.29, 1.82) is 0 Å². The van der Waals surface area contributed by atoms with Crippen molar-refractivity contribution in [2.45, 2.75) is 6.92 Å². The molecule has 2 aromatic carbocycles. The van der Waals surface area contributed by atoms with E-state index in [-0.39, 0.29) is 0 Å². The van der Waals surface area contributed by atoms with Gasteiger partial charge in [-0.05, 0) is 43.3 Å². The van der Waals surface area contributed by atoms with Gasteiger partial charge in [-0.1, -0.05) is 18.2 Å². The third-order valence-corrected chi connectivity index (χ3v) is 3.29. The summed E-state index contributed by atoms with van der Waals surface area (Å²) in [5.74, 6) is -0.0466. The molecular weight excluding hydrogens is 278 g/mol. The van der Waals surface area contributed by atoms with Crippen LogP contribution in [0.3, 0.4) is 0 Å². The summed E-state index contributed by atoms with van der Waals surface area (Å²) < 4.78 is 5.38. The maximum Gasteiger partial charge on any atom is 0.344 e. The van der Waals surface area contributed by atoms with Gasteiger partial charge in [-0.25, -0.2) is 4.79 Å². The first kappa shape index (κ1) is 13.9. The van der Waals surface area contributed by atoms with E-state index in [1.54, 1.807) is 30.3 Å². The SMILES string of the molecule is Cc1cc(C(=O)Oc2ccc(C=O)cc2)c2ccccc2n1. The zero-order valence-corrected chi connectivity index (χ0v) is 11.9. The Hall–Kier alpha value is -3.01. The number of rotatable bonds is 3. The van der Waals surface area contributed by atoms with Crippen molar-refractivity contribution in [3.05, 3.63) is 71.4 Å². The minimum Gasteiger partial charge on any atom is -0.423 e. The van der Waals surface area contributed by atoms with E-state index < -0.39 is 5.97 Å². The van der Waals surface area contributed by atoms with E-state index in [0.29, 0.717) is 16.9 Å². The number of hydrogen-bond donors (Lipinski definition) is 0. The maximum atomic E-state index is 12.4. The van der Waals surface area contributed by atoms with Crippen molar-refractivity contribution in [2.24, 2.45) is 0 Å². The van der Waals surface area contributed by atoms with Gasteiger partial charge in [-0.3, -0.25) is 9.78 Å². The largest absolute Gasteiger partial charge is 0.423 e. The first-order chi connectivity index (χ1) is 10.7. The van der Waals surface area contributed by atoms with Crippen LogP contribution in [0.4, 0.5) is 0 Å². The number of para-hydroxylation sites is 1. The molecule has 0 spiro atoms. The van der Waals surface area contributed by atoms with E-state index >= 15 is 0 Å². The zero-order chi connectivity index (χ0) is 15.5. The van der Waals surface area contributed by atoms with Crippen LogP contribution in [0.15, 0.2) is 54.6 Å². The van der Waals surface area contributed by atoms with Crippen molar-refractivity contribution in [3.8, 4) is 5.75 Å². The normalized spacial score (nSPS) is 10.4. The number of ether oxygens (including phenoxy) is 1. The summed E-state index contributed by atoms with van der Waals surface area (Å²) in [5, 5.41) is 0.752. The van der Waals surface area contributed by atoms with Gasteiger partial charge in [-0.2, -0.15) is 0 Å². The van der Waals surface area contributed by atoms with Gasteiger partial charge in [0.05, 0.1) is 11.1 Å². The number of aldehydes is 1. The fourth-order valence-corrected chi connectivity index (χ4v) is 2.25. The molecule has 3 aromatic rings. The van der Waals surface area contributed by atoms with Crippen LogP contribution in [0.2, 0.25) is 0 Å². The second-order valence-corrected chi connectivity index (χ2v) is 4.90. The maximum absolute atomic E-state index is 12.4. The smallest absolute Gasteiger partial charge is 0.344 e. The molecular formula is C18H13NO3. The third-order valence-electron chi connectivity index (χ3n) is 3.29. The van der Waals surface area contributed by atoms with Gasteiger partial charge >= 0.3 is 5.97 Å². The molecule has 0 amide bonds. The standard InChI is InChI=1S/C18H13NO3/c1-12-10-16(15-4-2-3-5-17(15)19-12)18(21)22-14-8-6-13(11-20)7-9-14/h2-11H,1H3. The molecule has 0 saturated heterocycles. The van der Waals surface area contributed by atoms with Crippen molar-refractivity contribution in [2.75, 3.05) is 0 Å². The van der Waals surface area contributed by atoms with Gasteiger partial charge in [0.25, 0.3) is 0 Å². The van der Waals surface area contributed by atoms with Crippen LogP contribution in [0, 0.1) is 6.92 Å². The van der Waals surface area contributed by atoms with Crippen LogP contribution < -0.4 is 4.74 Å². The molecule has 0 aliphatic carbocycles. The minimum absolute atomic E-state index is 0.397. The Morgan fingerprint density at radius 1 is 1.09 bits per heavy atom. The molecule has 108 valence electrons. The number of aromatic nitrogens is 1. The van der Waals surface area contributed by atoms with Crippen molar-refractivity contribution < 1.29 is 14.3 Å². The highest BCUT2D eigenvalue weighted by atomic mass is 16.5. The molecule has 0 aliphatic rings. The number of esters is 1. The van der Waals surface area contributed by atoms with Gasteiger partial charge in [0.15, 0.2) is 0 Å². The third kappa shape index (κ3) is 2.72. The lowest BCUT2D eigenvalue weighted by Crippen LogP contribution is -2.10. The Morgan fingerprint density at radius 3 is 2.55 bits per heavy atom. The predicted molar refractivity (Wildman–Crippen MR) is 83.3 cm³/mol. The fraction of sp³-hybridized carbons (Fsp3) is 0.0556. The summed E-state index contributed by atoms with van der Waals surface area (Å²) in [6.45, 7) is 1.84. The van der Waals surface area contributed by atoms with Gasteiger partial charge < -0.3 is 4.74 Å². The highest BCUT2D eigenvalue weighted by Crippen LogP contribution is 2.20. The number of nitrogens with zero attached hydrogens (tertiary/aromatic N) is 1. The molecule has 4 nitrogen and oxygen atoms in total. The summed E-state index contributed by atoms with van der Waals surface area (Å²) in [7, 11) is 0. The molecule has 1 heterocycles. The van der Waals surface area contributed by atoms with Gasteiger partial charge in [0, 0.05) is 16.6 Å². The molecule has 4 heteroatoms. The van der Waals surface area contributed by atoms with Crippen LogP contribution in [-0.2, 0) is 0 Å². The Kier molecular flexibility index (Phi) is 3.66. The highest BCUT2D eigenvalue weighted by molar-refractivity contribution is 6.04. The molecule has 0 radical (unpaired) electrons. The van der Waals surface area contributed by atoms with E-state index in [1.807, 2.05) is 31.2 Å². The Labute approximate surface area is 127 Å². The summed E-state index contributed by atoms with van der Waals surface area (Å²) >= 11 is 0. The van der Waals surface area contributed by atoms with Gasteiger partial charge in [-0.15, -0.1) is 0 Å². The monoisotopic (exact) mass is 291 g/mol. The fourth-order valence-electron chi connectivity index (χ4n) is 2.25. The Balaban J connectivity index is 1.96. The highest BCUT2D eigenvalue weighted by Gasteiger charge is 2.14. The van der Waals surface area contributed by atoms with E-state index in [1.165, 1.54) is 0 Å². The zero-order valence-electron chi connectivity index (χ0n) is 11.9. The summed E-state index contributed by atoms with van der Waals surface area (Å²) in [6, 6.07) is 15.5. The molecule has 1 aromatic heterocycles. The predicted octanol–water partition coefficient (Wildman–Crippen LogP) is 3.57. The van der Waals surface area contributed by atoms with Gasteiger partial charge in [0.2, 0.25) is 0 Å². The number of fused-ring (bicyclic) bond motifs is 1. The Morgan fingerprint density at radius 2 is 1.82 bits per heavy atom. The van der Waals surface area contributed by atoms with Crippen LogP contribution >= 0.6 is 0 Å². The second kappa shape index (κ2) is 5.77. The average molecular weight is 291 g/mol. The number of benzene rings is 2. The van der Waals surface area contributed by atoms with Crippen LogP contribution in [-0.4, -0.2) is 17.2 Å². The minimum atomic E-state index is -0.444. The summed E-state index contributed by atoms with van der Waals surface area (Å²) in [5.41, 5.74) is 2.51. The topological polar surface area (TPSA) is 56.3 Å². The molecule has 0 unspecified atom stereocenters. The summed E-state index contributed by atoms with van der Waals surface area (Å²) in [4.78, 5) is 27.4. The number of aryl methyl sites for hydroxylation is 1. The molecule has 0 aliphatic heterocycles. The number of pyridine rings is 1. The Bertz CT molecular complexity index is 854. The molecule has 0 N–H and O–H groups in total. The van der Waals surface area contributed by atoms with Crippen LogP contribution in [0.25, 0.3) is 10.9 Å². The van der Waals surface area contributed by atoms with E-state index in [4.69, 9.17) is 4.74 Å². The van der Waals surface area contributed by atoms with Crippen molar-refractivity contribution in [3.63, 3.8) is 0 Å². The average Bonchev–Trinajstić information content (AvgIpc) is 2.54. The first-order valence-electron chi connectivity index (χ1n) is 6.81. The first-order valence-corrected chi connectivity index (χ1v) is 6.81. The molecule has 0 bridgehead atoms. The number of hydrogen-bond acceptors (Lipinski definition) is 4. The number of carbonyl (C=O) groups excluding carboxylic acids is 2. The van der Waals surface area contributed by atoms with Gasteiger partial charge in [0.1, 0.15) is 12.0 Å². The lowest BCUT2D eigenvalue weighted by molar-refractivity contribution is 0.0736. The summed E-state index contributed by atoms with van der Waals surface area (Å²) in [6.07, 6.45) is 0.741. The lowest BCUT2D eigenvalue weighted by Gasteiger charge is -2.08. The molecule has 0 atom stereocenters. The van der Waals surface area contributed by atoms with E-state index in [2.05, 4.69) is 4.98 Å². The lowest BCUT2D eigenvalue weighted by atomic mass is 10.1. The van der Waals surface area contributed by atoms with Crippen LogP contribution in [0.5, 0.6) is 5.75 Å². The number of carbonyl (C=O) groups is 2. The van der Waals surface area contributed by atoms with Crippen molar-refractivity contribution >= 4 is 23.2 Å². The molecule has 0 saturated carbocycles. The molecule has 22 heavy (non-hydrogen) atoms. The molecule has 0 fully saturated rings. The van der Waals surface area contributed by atoms with E-state index in [9.17, 15) is 9.59 Å². The van der Waals surface area contributed by atoms with E-state index in [0.717, 1.165) is 22.9 Å².